The number of nitrogens with zero attached hydrogens (tertiary/aromatic N) is 1. The Morgan fingerprint density at radius 2 is 1.60 bits per heavy atom. The largest absolute Gasteiger partial charge is 0.294 e. The van der Waals surface area contributed by atoms with Crippen molar-refractivity contribution >= 4 is 11.5 Å². The average molecular weight is 332 g/mol. The molecule has 4 rings (SSSR count). The second kappa shape index (κ2) is 7.35. The molecular formula is C23H26NO+. The molecule has 1 aliphatic carbocycles. The highest BCUT2D eigenvalue weighted by Gasteiger charge is 2.34. The molecule has 0 saturated carbocycles. The molecule has 0 amide bonds. The number of hydrogen-bond donors (Lipinski definition) is 0. The molecule has 0 N–H and O–H groups in total. The van der Waals surface area contributed by atoms with E-state index in [1.165, 1.54) is 36.1 Å². The first kappa shape index (κ1) is 16.3. The minimum atomic E-state index is 0.246. The summed E-state index contributed by atoms with van der Waals surface area (Å²) in [4.78, 5) is 12.9. The number of benzene rings is 2. The zero-order valence-electron chi connectivity index (χ0n) is 14.8. The van der Waals surface area contributed by atoms with Gasteiger partial charge in [-0.25, -0.2) is 4.58 Å². The summed E-state index contributed by atoms with van der Waals surface area (Å²) in [7, 11) is 0. The van der Waals surface area contributed by atoms with Gasteiger partial charge >= 0.3 is 0 Å². The van der Waals surface area contributed by atoms with Crippen molar-refractivity contribution in [1.29, 1.82) is 0 Å². The number of aryl methyl sites for hydroxylation is 1. The molecule has 2 aromatic rings. The Kier molecular flexibility index (Phi) is 4.78. The maximum absolute atomic E-state index is 12.9. The van der Waals surface area contributed by atoms with Crippen molar-refractivity contribution in [2.24, 2.45) is 0 Å². The third kappa shape index (κ3) is 3.44. The van der Waals surface area contributed by atoms with Crippen LogP contribution in [0.1, 0.15) is 59.5 Å². The summed E-state index contributed by atoms with van der Waals surface area (Å²) in [5.41, 5.74) is 5.14. The van der Waals surface area contributed by atoms with Crippen LogP contribution in [0.5, 0.6) is 0 Å². The van der Waals surface area contributed by atoms with E-state index in [1.807, 2.05) is 30.3 Å². The third-order valence-corrected chi connectivity index (χ3v) is 5.73. The summed E-state index contributed by atoms with van der Waals surface area (Å²) >= 11 is 0. The van der Waals surface area contributed by atoms with Crippen molar-refractivity contribution in [2.75, 3.05) is 13.1 Å². The molecule has 1 unspecified atom stereocenters. The lowest BCUT2D eigenvalue weighted by Gasteiger charge is -2.27. The Morgan fingerprint density at radius 3 is 2.40 bits per heavy atom. The molecule has 2 heteroatoms. The Hall–Kier alpha value is -2.22. The minimum absolute atomic E-state index is 0.246. The van der Waals surface area contributed by atoms with E-state index in [4.69, 9.17) is 0 Å². The number of hydrogen-bond acceptors (Lipinski definition) is 1. The van der Waals surface area contributed by atoms with Gasteiger partial charge in [0.1, 0.15) is 13.1 Å². The highest BCUT2D eigenvalue weighted by Crippen LogP contribution is 2.33. The van der Waals surface area contributed by atoms with Crippen molar-refractivity contribution in [3.63, 3.8) is 0 Å². The van der Waals surface area contributed by atoms with Gasteiger partial charge in [0, 0.05) is 31.2 Å². The van der Waals surface area contributed by atoms with E-state index >= 15 is 0 Å². The highest BCUT2D eigenvalue weighted by atomic mass is 16.1. The number of piperidine rings is 1. The van der Waals surface area contributed by atoms with Gasteiger partial charge in [0.05, 0.1) is 5.92 Å². The lowest BCUT2D eigenvalue weighted by molar-refractivity contribution is -0.540. The van der Waals surface area contributed by atoms with Gasteiger partial charge in [0.15, 0.2) is 11.5 Å². The predicted molar refractivity (Wildman–Crippen MR) is 102 cm³/mol. The summed E-state index contributed by atoms with van der Waals surface area (Å²) in [5.74, 6) is 0.507. The van der Waals surface area contributed by atoms with E-state index in [2.05, 4.69) is 28.8 Å². The molecule has 1 fully saturated rings. The summed E-state index contributed by atoms with van der Waals surface area (Å²) in [6.45, 7) is 2.32. The summed E-state index contributed by atoms with van der Waals surface area (Å²) in [6.07, 6.45) is 6.71. The third-order valence-electron chi connectivity index (χ3n) is 5.73. The van der Waals surface area contributed by atoms with Crippen molar-refractivity contribution in [1.82, 2.24) is 0 Å². The van der Waals surface area contributed by atoms with Crippen LogP contribution in [0.15, 0.2) is 54.6 Å². The van der Waals surface area contributed by atoms with Crippen molar-refractivity contribution in [2.45, 2.75) is 44.4 Å². The van der Waals surface area contributed by atoms with E-state index in [0.29, 0.717) is 6.42 Å². The number of ketones is 1. The number of carbonyl (C=O) groups excluding carboxylic acids is 1. The van der Waals surface area contributed by atoms with Crippen LogP contribution in [-0.4, -0.2) is 29.2 Å². The standard InChI is InChI=1S/C23H26NO/c25-23(19-10-3-1-4-11-19)17-21-20-12-6-5-9-18(20)13-14-22(21)24-15-7-2-8-16-24/h1,3-6,9-12,21H,2,7-8,13-17H2/q+1. The quantitative estimate of drug-likeness (QED) is 0.593. The maximum atomic E-state index is 12.9. The molecular weight excluding hydrogens is 306 g/mol. The van der Waals surface area contributed by atoms with Crippen LogP contribution >= 0.6 is 0 Å². The zero-order valence-corrected chi connectivity index (χ0v) is 14.8. The van der Waals surface area contributed by atoms with Crippen molar-refractivity contribution in [3.8, 4) is 0 Å². The molecule has 2 aliphatic rings. The van der Waals surface area contributed by atoms with Gasteiger partial charge in [-0.05, 0) is 24.0 Å². The van der Waals surface area contributed by atoms with Crippen LogP contribution in [0.3, 0.4) is 0 Å². The predicted octanol–water partition coefficient (Wildman–Crippen LogP) is 4.63. The van der Waals surface area contributed by atoms with Crippen LogP contribution in [-0.2, 0) is 6.42 Å². The summed E-state index contributed by atoms with van der Waals surface area (Å²) < 4.78 is 2.59. The van der Waals surface area contributed by atoms with Crippen LogP contribution in [0, 0.1) is 0 Å². The van der Waals surface area contributed by atoms with Crippen LogP contribution in [0.25, 0.3) is 0 Å². The average Bonchev–Trinajstić information content (AvgIpc) is 2.69. The topological polar surface area (TPSA) is 20.1 Å². The van der Waals surface area contributed by atoms with E-state index in [9.17, 15) is 4.79 Å². The molecule has 2 nitrogen and oxygen atoms in total. The fraction of sp³-hybridized carbons (Fsp3) is 0.391. The molecule has 0 bridgehead atoms. The normalized spacial score (nSPS) is 20.2. The molecule has 0 radical (unpaired) electrons. The molecule has 1 atom stereocenters. The summed E-state index contributed by atoms with van der Waals surface area (Å²) in [5, 5.41) is 0. The Morgan fingerprint density at radius 1 is 0.880 bits per heavy atom. The Balaban J connectivity index is 1.70. The summed E-state index contributed by atoms with van der Waals surface area (Å²) in [6, 6.07) is 18.5. The van der Waals surface area contributed by atoms with E-state index in [-0.39, 0.29) is 11.7 Å². The lowest BCUT2D eigenvalue weighted by Crippen LogP contribution is -2.34. The first-order valence-electron chi connectivity index (χ1n) is 9.59. The second-order valence-corrected chi connectivity index (χ2v) is 7.28. The van der Waals surface area contributed by atoms with E-state index in [1.54, 1.807) is 0 Å². The molecule has 1 aliphatic heterocycles. The van der Waals surface area contributed by atoms with Crippen molar-refractivity contribution in [3.05, 3.63) is 71.3 Å². The van der Waals surface area contributed by atoms with Gasteiger partial charge in [-0.3, -0.25) is 4.79 Å². The highest BCUT2D eigenvalue weighted by molar-refractivity contribution is 6.01. The fourth-order valence-electron chi connectivity index (χ4n) is 4.43. The number of rotatable bonds is 3. The molecule has 1 heterocycles. The van der Waals surface area contributed by atoms with E-state index < -0.39 is 0 Å². The SMILES string of the molecule is O=C(CC1C(=[N+]2CCCCC2)CCc2ccccc21)c1ccccc1. The molecule has 25 heavy (non-hydrogen) atoms. The maximum Gasteiger partial charge on any atom is 0.164 e. The van der Waals surface area contributed by atoms with Gasteiger partial charge in [-0.1, -0.05) is 54.6 Å². The van der Waals surface area contributed by atoms with E-state index in [0.717, 1.165) is 31.5 Å². The first-order valence-corrected chi connectivity index (χ1v) is 9.59. The zero-order chi connectivity index (χ0) is 17.1. The van der Waals surface area contributed by atoms with Crippen LogP contribution in [0.4, 0.5) is 0 Å². The molecule has 128 valence electrons. The number of carbonyl (C=O) groups is 1. The van der Waals surface area contributed by atoms with Gasteiger partial charge in [0.2, 0.25) is 0 Å². The van der Waals surface area contributed by atoms with Crippen LogP contribution in [0.2, 0.25) is 0 Å². The smallest absolute Gasteiger partial charge is 0.164 e. The lowest BCUT2D eigenvalue weighted by atomic mass is 9.77. The number of fused-ring (bicyclic) bond motifs is 1. The Bertz CT molecular complexity index is 783. The minimum Gasteiger partial charge on any atom is -0.294 e. The first-order chi connectivity index (χ1) is 12.3. The number of Topliss-reactive ketones (excluding diaryl/α,β-unsaturated/α-hetero) is 1. The molecule has 1 saturated heterocycles. The monoisotopic (exact) mass is 332 g/mol. The van der Waals surface area contributed by atoms with Gasteiger partial charge in [-0.15, -0.1) is 0 Å². The molecule has 0 spiro atoms. The van der Waals surface area contributed by atoms with Gasteiger partial charge < -0.3 is 0 Å². The second-order valence-electron chi connectivity index (χ2n) is 7.28. The van der Waals surface area contributed by atoms with Crippen molar-refractivity contribution < 1.29 is 9.37 Å². The van der Waals surface area contributed by atoms with Gasteiger partial charge in [-0.2, -0.15) is 0 Å². The van der Waals surface area contributed by atoms with Gasteiger partial charge in [0.25, 0.3) is 0 Å². The Labute approximate surface area is 150 Å². The fourth-order valence-corrected chi connectivity index (χ4v) is 4.43. The van der Waals surface area contributed by atoms with Crippen LogP contribution < -0.4 is 0 Å². The molecule has 0 aromatic heterocycles. The molecule has 2 aromatic carbocycles.